The minimum atomic E-state index is -0.823. The van der Waals surface area contributed by atoms with Gasteiger partial charge in [-0.1, -0.05) is 40.0 Å². The van der Waals surface area contributed by atoms with Crippen molar-refractivity contribution in [3.05, 3.63) is 0 Å². The van der Waals surface area contributed by atoms with Crippen molar-refractivity contribution in [2.75, 3.05) is 0 Å². The molecular weight excluding hydrogens is 254 g/mol. The molecule has 20 heavy (non-hydrogen) atoms. The molecule has 0 aromatic carbocycles. The van der Waals surface area contributed by atoms with Gasteiger partial charge < -0.3 is 10.4 Å². The summed E-state index contributed by atoms with van der Waals surface area (Å²) in [4.78, 5) is 23.7. The highest BCUT2D eigenvalue weighted by atomic mass is 16.4. The minimum Gasteiger partial charge on any atom is -0.481 e. The van der Waals surface area contributed by atoms with Gasteiger partial charge in [-0.05, 0) is 31.6 Å². The van der Waals surface area contributed by atoms with E-state index in [9.17, 15) is 14.7 Å². The molecule has 116 valence electrons. The van der Waals surface area contributed by atoms with Crippen molar-refractivity contribution in [3.63, 3.8) is 0 Å². The Morgan fingerprint density at radius 1 is 1.15 bits per heavy atom. The quantitative estimate of drug-likeness (QED) is 0.754. The average Bonchev–Trinajstić information content (AvgIpc) is 2.84. The highest BCUT2D eigenvalue weighted by Gasteiger charge is 2.42. The van der Waals surface area contributed by atoms with Gasteiger partial charge in [0, 0.05) is 6.04 Å². The zero-order valence-corrected chi connectivity index (χ0v) is 13.2. The number of nitrogens with one attached hydrogen (secondary N) is 1. The van der Waals surface area contributed by atoms with Gasteiger partial charge in [-0.3, -0.25) is 9.59 Å². The van der Waals surface area contributed by atoms with E-state index in [0.29, 0.717) is 18.3 Å². The first kappa shape index (κ1) is 17.0. The zero-order valence-electron chi connectivity index (χ0n) is 13.2. The molecule has 0 aromatic heterocycles. The number of carbonyl (C=O) groups excluding carboxylic acids is 1. The Morgan fingerprint density at radius 2 is 1.70 bits per heavy atom. The summed E-state index contributed by atoms with van der Waals surface area (Å²) >= 11 is 0. The summed E-state index contributed by atoms with van der Waals surface area (Å²) in [5.74, 6) is -0.909. The molecule has 0 heterocycles. The Kier molecular flexibility index (Phi) is 6.50. The first-order valence-electron chi connectivity index (χ1n) is 7.97. The molecule has 4 nitrogen and oxygen atoms in total. The topological polar surface area (TPSA) is 66.4 Å². The minimum absolute atomic E-state index is 0.0623. The monoisotopic (exact) mass is 283 g/mol. The number of carboxylic acid groups (broad SMARTS) is 1. The number of hydrogen-bond acceptors (Lipinski definition) is 2. The number of amides is 1. The summed E-state index contributed by atoms with van der Waals surface area (Å²) < 4.78 is 0. The van der Waals surface area contributed by atoms with Crippen molar-refractivity contribution in [3.8, 4) is 0 Å². The predicted molar refractivity (Wildman–Crippen MR) is 79.3 cm³/mol. The maximum absolute atomic E-state index is 12.4. The van der Waals surface area contributed by atoms with E-state index in [4.69, 9.17) is 0 Å². The van der Waals surface area contributed by atoms with Crippen LogP contribution >= 0.6 is 0 Å². The Morgan fingerprint density at radius 3 is 2.15 bits per heavy atom. The molecule has 0 aromatic rings. The van der Waals surface area contributed by atoms with Crippen LogP contribution in [0.4, 0.5) is 0 Å². The molecule has 1 amide bonds. The van der Waals surface area contributed by atoms with Gasteiger partial charge in [0.2, 0.25) is 5.91 Å². The molecule has 4 atom stereocenters. The van der Waals surface area contributed by atoms with Crippen LogP contribution in [0.1, 0.15) is 59.8 Å². The van der Waals surface area contributed by atoms with E-state index in [2.05, 4.69) is 26.1 Å². The highest BCUT2D eigenvalue weighted by Crippen LogP contribution is 2.38. The van der Waals surface area contributed by atoms with Gasteiger partial charge >= 0.3 is 5.97 Å². The van der Waals surface area contributed by atoms with E-state index in [1.165, 1.54) is 0 Å². The number of aliphatic carboxylic acids is 1. The van der Waals surface area contributed by atoms with Crippen molar-refractivity contribution in [2.45, 2.75) is 65.8 Å². The van der Waals surface area contributed by atoms with E-state index in [0.717, 1.165) is 25.7 Å². The van der Waals surface area contributed by atoms with Gasteiger partial charge in [0.25, 0.3) is 0 Å². The van der Waals surface area contributed by atoms with Crippen LogP contribution < -0.4 is 5.32 Å². The van der Waals surface area contributed by atoms with Crippen molar-refractivity contribution in [2.24, 2.45) is 23.7 Å². The molecule has 2 unspecified atom stereocenters. The molecular formula is C16H29NO3. The first-order chi connectivity index (χ1) is 9.44. The summed E-state index contributed by atoms with van der Waals surface area (Å²) in [6, 6.07) is 0.118. The molecule has 1 saturated carbocycles. The van der Waals surface area contributed by atoms with Gasteiger partial charge in [0.15, 0.2) is 0 Å². The lowest BCUT2D eigenvalue weighted by molar-refractivity contribution is -0.146. The molecule has 1 aliphatic rings. The lowest BCUT2D eigenvalue weighted by Gasteiger charge is -2.25. The number of rotatable bonds is 7. The number of hydrogen-bond donors (Lipinski definition) is 2. The highest BCUT2D eigenvalue weighted by molar-refractivity contribution is 5.85. The van der Waals surface area contributed by atoms with Gasteiger partial charge in [0.1, 0.15) is 0 Å². The van der Waals surface area contributed by atoms with Crippen LogP contribution in [0.25, 0.3) is 0 Å². The second kappa shape index (κ2) is 7.65. The standard InChI is InChI=1S/C16H29NO3/c1-5-11-8-13(14(9-11)16(19)20)15(18)17-10(4)12(6-2)7-3/h10-14H,5-9H2,1-4H3,(H,17,18)(H,19,20)/t10?,11?,13-,14+/m0/s1. The van der Waals surface area contributed by atoms with E-state index in [-0.39, 0.29) is 17.9 Å². The van der Waals surface area contributed by atoms with Crippen molar-refractivity contribution in [1.82, 2.24) is 5.32 Å². The molecule has 1 rings (SSSR count). The fourth-order valence-electron chi connectivity index (χ4n) is 3.48. The third-order valence-corrected chi connectivity index (χ3v) is 5.02. The van der Waals surface area contributed by atoms with Crippen LogP contribution in [-0.4, -0.2) is 23.0 Å². The largest absolute Gasteiger partial charge is 0.481 e. The van der Waals surface area contributed by atoms with Crippen LogP contribution in [-0.2, 0) is 9.59 Å². The smallest absolute Gasteiger partial charge is 0.307 e. The lowest BCUT2D eigenvalue weighted by atomic mass is 9.92. The maximum Gasteiger partial charge on any atom is 0.307 e. The van der Waals surface area contributed by atoms with Crippen LogP contribution in [0.15, 0.2) is 0 Å². The number of carbonyl (C=O) groups is 2. The predicted octanol–water partition coefficient (Wildman–Crippen LogP) is 3.06. The third kappa shape index (κ3) is 3.97. The van der Waals surface area contributed by atoms with Crippen LogP contribution in [0, 0.1) is 23.7 Å². The van der Waals surface area contributed by atoms with Crippen LogP contribution in [0.5, 0.6) is 0 Å². The van der Waals surface area contributed by atoms with Crippen LogP contribution in [0.2, 0.25) is 0 Å². The molecule has 2 N–H and O–H groups in total. The lowest BCUT2D eigenvalue weighted by Crippen LogP contribution is -2.43. The van der Waals surface area contributed by atoms with Crippen LogP contribution in [0.3, 0.4) is 0 Å². The fraction of sp³-hybridized carbons (Fsp3) is 0.875. The Labute approximate surface area is 122 Å². The van der Waals surface area contributed by atoms with Gasteiger partial charge in [-0.25, -0.2) is 0 Å². The van der Waals surface area contributed by atoms with E-state index >= 15 is 0 Å². The van der Waals surface area contributed by atoms with Crippen molar-refractivity contribution in [1.29, 1.82) is 0 Å². The Balaban J connectivity index is 2.67. The average molecular weight is 283 g/mol. The summed E-state index contributed by atoms with van der Waals surface area (Å²) in [5, 5.41) is 12.4. The summed E-state index contributed by atoms with van der Waals surface area (Å²) in [6.07, 6.45) is 4.37. The first-order valence-corrected chi connectivity index (χ1v) is 7.97. The molecule has 4 heteroatoms. The maximum atomic E-state index is 12.4. The van der Waals surface area contributed by atoms with Crippen molar-refractivity contribution < 1.29 is 14.7 Å². The molecule has 0 spiro atoms. The third-order valence-electron chi connectivity index (χ3n) is 5.02. The van der Waals surface area contributed by atoms with Gasteiger partial charge in [-0.15, -0.1) is 0 Å². The summed E-state index contributed by atoms with van der Waals surface area (Å²) in [7, 11) is 0. The molecule has 0 bridgehead atoms. The van der Waals surface area contributed by atoms with E-state index in [1.807, 2.05) is 6.92 Å². The van der Waals surface area contributed by atoms with E-state index in [1.54, 1.807) is 0 Å². The van der Waals surface area contributed by atoms with E-state index < -0.39 is 11.9 Å². The molecule has 1 fully saturated rings. The molecule has 0 radical (unpaired) electrons. The fourth-order valence-corrected chi connectivity index (χ4v) is 3.48. The summed E-state index contributed by atoms with van der Waals surface area (Å²) in [5.41, 5.74) is 0. The second-order valence-corrected chi connectivity index (χ2v) is 6.17. The molecule has 0 saturated heterocycles. The second-order valence-electron chi connectivity index (χ2n) is 6.17. The zero-order chi connectivity index (χ0) is 15.3. The van der Waals surface area contributed by atoms with Gasteiger partial charge in [-0.2, -0.15) is 0 Å². The molecule has 1 aliphatic carbocycles. The van der Waals surface area contributed by atoms with Crippen molar-refractivity contribution >= 4 is 11.9 Å². The van der Waals surface area contributed by atoms with Gasteiger partial charge in [0.05, 0.1) is 11.8 Å². The SMILES string of the molecule is CCC1C[C@H](C(=O)NC(C)C(CC)CC)[C@H](C(=O)O)C1. The summed E-state index contributed by atoms with van der Waals surface area (Å²) in [6.45, 7) is 8.34. The normalized spacial score (nSPS) is 27.6. The number of carboxylic acids is 1. The molecule has 0 aliphatic heterocycles. The Bertz CT molecular complexity index is 339. The Hall–Kier alpha value is -1.06.